The third-order valence-corrected chi connectivity index (χ3v) is 4.60. The van der Waals surface area contributed by atoms with E-state index in [1.807, 2.05) is 35.7 Å². The molecule has 5 nitrogen and oxygen atoms in total. The third kappa shape index (κ3) is 5.33. The van der Waals surface area contributed by atoms with E-state index in [-0.39, 0.29) is 12.6 Å². The molecule has 6 heteroatoms. The molecule has 2 rings (SSSR count). The number of rotatable bonds is 7. The monoisotopic (exact) mass is 333 g/mol. The van der Waals surface area contributed by atoms with E-state index < -0.39 is 5.60 Å². The fourth-order valence-electron chi connectivity index (χ4n) is 2.14. The highest BCUT2D eigenvalue weighted by Crippen LogP contribution is 2.18. The van der Waals surface area contributed by atoms with Crippen LogP contribution in [-0.4, -0.2) is 29.2 Å². The summed E-state index contributed by atoms with van der Waals surface area (Å²) < 4.78 is 0. The molecular formula is C17H23N3O2S. The molecule has 3 N–H and O–H groups in total. The molecule has 1 heterocycles. The maximum atomic E-state index is 11.8. The summed E-state index contributed by atoms with van der Waals surface area (Å²) in [6, 6.07) is 9.01. The molecular weight excluding hydrogens is 310 g/mol. The first-order chi connectivity index (χ1) is 11.0. The summed E-state index contributed by atoms with van der Waals surface area (Å²) in [6.07, 6.45) is 1.64. The number of nitrogens with zero attached hydrogens (tertiary/aromatic N) is 1. The highest BCUT2D eigenvalue weighted by molar-refractivity contribution is 7.09. The molecule has 0 fully saturated rings. The van der Waals surface area contributed by atoms with Crippen LogP contribution in [0.2, 0.25) is 0 Å². The lowest BCUT2D eigenvalue weighted by Gasteiger charge is -2.24. The molecule has 1 aromatic carbocycles. The standard InChI is InChI=1S/C17H23N3O2S/c1-3-15-20-14(11-23-15)9-10-18-16(21)19-12-17(2,22)13-7-5-4-6-8-13/h4-8,11,22H,3,9-10,12H2,1-2H3,(H2,18,19,21). The van der Waals surface area contributed by atoms with Gasteiger partial charge in [-0.25, -0.2) is 9.78 Å². The largest absolute Gasteiger partial charge is 0.384 e. The average Bonchev–Trinajstić information content (AvgIpc) is 3.02. The van der Waals surface area contributed by atoms with E-state index in [9.17, 15) is 9.90 Å². The lowest BCUT2D eigenvalue weighted by atomic mass is 9.96. The van der Waals surface area contributed by atoms with Crippen LogP contribution in [0.3, 0.4) is 0 Å². The Morgan fingerprint density at radius 3 is 2.70 bits per heavy atom. The predicted octanol–water partition coefficient (Wildman–Crippen LogP) is 2.45. The Hall–Kier alpha value is -1.92. The van der Waals surface area contributed by atoms with Crippen LogP contribution in [-0.2, 0) is 18.4 Å². The van der Waals surface area contributed by atoms with E-state index in [2.05, 4.69) is 22.5 Å². The fourth-order valence-corrected chi connectivity index (χ4v) is 2.92. The Kier molecular flexibility index (Phi) is 6.12. The van der Waals surface area contributed by atoms with Crippen molar-refractivity contribution in [3.8, 4) is 0 Å². The number of benzene rings is 1. The maximum absolute atomic E-state index is 11.8. The first-order valence-corrected chi connectivity index (χ1v) is 8.62. The van der Waals surface area contributed by atoms with Crippen LogP contribution < -0.4 is 10.6 Å². The SMILES string of the molecule is CCc1nc(CCNC(=O)NCC(C)(O)c2ccccc2)cs1. The average molecular weight is 333 g/mol. The van der Waals surface area contributed by atoms with Crippen molar-refractivity contribution in [2.45, 2.75) is 32.3 Å². The van der Waals surface area contributed by atoms with Crippen molar-refractivity contribution in [3.63, 3.8) is 0 Å². The smallest absolute Gasteiger partial charge is 0.314 e. The quantitative estimate of drug-likeness (QED) is 0.729. The van der Waals surface area contributed by atoms with Crippen molar-refractivity contribution >= 4 is 17.4 Å². The van der Waals surface area contributed by atoms with Gasteiger partial charge in [-0.05, 0) is 18.9 Å². The Morgan fingerprint density at radius 2 is 2.04 bits per heavy atom. The number of nitrogens with one attached hydrogen (secondary N) is 2. The molecule has 0 aliphatic carbocycles. The van der Waals surface area contributed by atoms with Gasteiger partial charge in [0.1, 0.15) is 5.60 Å². The van der Waals surface area contributed by atoms with Crippen LogP contribution in [0.15, 0.2) is 35.7 Å². The fraction of sp³-hybridized carbons (Fsp3) is 0.412. The highest BCUT2D eigenvalue weighted by atomic mass is 32.1. The van der Waals surface area contributed by atoms with Gasteiger partial charge in [-0.15, -0.1) is 11.3 Å². The molecule has 2 aromatic rings. The molecule has 124 valence electrons. The van der Waals surface area contributed by atoms with Crippen molar-refractivity contribution in [3.05, 3.63) is 52.0 Å². The summed E-state index contributed by atoms with van der Waals surface area (Å²) in [7, 11) is 0. The van der Waals surface area contributed by atoms with Gasteiger partial charge in [0.15, 0.2) is 0 Å². The Labute approximate surface area is 140 Å². The molecule has 0 aliphatic heterocycles. The number of hydrogen-bond donors (Lipinski definition) is 3. The molecule has 0 radical (unpaired) electrons. The predicted molar refractivity (Wildman–Crippen MR) is 92.6 cm³/mol. The van der Waals surface area contributed by atoms with Crippen LogP contribution in [0.4, 0.5) is 4.79 Å². The van der Waals surface area contributed by atoms with Gasteiger partial charge in [0.05, 0.1) is 17.2 Å². The number of urea groups is 1. The third-order valence-electron chi connectivity index (χ3n) is 3.56. The summed E-state index contributed by atoms with van der Waals surface area (Å²) in [4.78, 5) is 16.3. The van der Waals surface area contributed by atoms with Crippen molar-refractivity contribution < 1.29 is 9.90 Å². The normalized spacial score (nSPS) is 13.3. The van der Waals surface area contributed by atoms with E-state index in [0.29, 0.717) is 13.0 Å². The molecule has 0 spiro atoms. The first-order valence-electron chi connectivity index (χ1n) is 7.74. The lowest BCUT2D eigenvalue weighted by molar-refractivity contribution is 0.0594. The summed E-state index contributed by atoms with van der Waals surface area (Å²) in [5.74, 6) is 0. The van der Waals surface area contributed by atoms with E-state index in [1.54, 1.807) is 18.3 Å². The number of carbonyl (C=O) groups excluding carboxylic acids is 1. The molecule has 0 saturated heterocycles. The first kappa shape index (κ1) is 17.4. The summed E-state index contributed by atoms with van der Waals surface area (Å²) >= 11 is 1.65. The number of carbonyl (C=O) groups is 1. The molecule has 1 aromatic heterocycles. The van der Waals surface area contributed by atoms with E-state index >= 15 is 0 Å². The summed E-state index contributed by atoms with van der Waals surface area (Å²) in [6.45, 7) is 4.43. The van der Waals surface area contributed by atoms with E-state index in [0.717, 1.165) is 22.7 Å². The second kappa shape index (κ2) is 8.08. The molecule has 2 amide bonds. The minimum atomic E-state index is -1.09. The van der Waals surface area contributed by atoms with Gasteiger partial charge in [0.2, 0.25) is 0 Å². The summed E-state index contributed by atoms with van der Waals surface area (Å²) in [5.41, 5.74) is 0.682. The van der Waals surface area contributed by atoms with Crippen LogP contribution >= 0.6 is 11.3 Å². The Morgan fingerprint density at radius 1 is 1.30 bits per heavy atom. The van der Waals surface area contributed by atoms with Gasteiger partial charge in [-0.2, -0.15) is 0 Å². The molecule has 23 heavy (non-hydrogen) atoms. The number of amides is 2. The van der Waals surface area contributed by atoms with E-state index in [4.69, 9.17) is 0 Å². The van der Waals surface area contributed by atoms with Crippen molar-refractivity contribution in [2.24, 2.45) is 0 Å². The van der Waals surface area contributed by atoms with Crippen molar-refractivity contribution in [1.82, 2.24) is 15.6 Å². The zero-order valence-corrected chi connectivity index (χ0v) is 14.3. The van der Waals surface area contributed by atoms with Crippen molar-refractivity contribution in [1.29, 1.82) is 0 Å². The molecule has 1 unspecified atom stereocenters. The van der Waals surface area contributed by atoms with Gasteiger partial charge in [-0.3, -0.25) is 0 Å². The molecule has 0 saturated carbocycles. The van der Waals surface area contributed by atoms with Crippen LogP contribution in [0, 0.1) is 0 Å². The lowest BCUT2D eigenvalue weighted by Crippen LogP contribution is -2.43. The second-order valence-electron chi connectivity index (χ2n) is 5.59. The molecule has 0 aliphatic rings. The number of thiazole rings is 1. The maximum Gasteiger partial charge on any atom is 0.314 e. The van der Waals surface area contributed by atoms with Gasteiger partial charge >= 0.3 is 6.03 Å². The zero-order chi connectivity index (χ0) is 16.7. The van der Waals surface area contributed by atoms with Crippen LogP contribution in [0.25, 0.3) is 0 Å². The zero-order valence-electron chi connectivity index (χ0n) is 13.5. The number of aryl methyl sites for hydroxylation is 1. The van der Waals surface area contributed by atoms with Gasteiger partial charge in [0.25, 0.3) is 0 Å². The highest BCUT2D eigenvalue weighted by Gasteiger charge is 2.23. The molecule has 1 atom stereocenters. The number of hydrogen-bond acceptors (Lipinski definition) is 4. The van der Waals surface area contributed by atoms with Crippen molar-refractivity contribution in [2.75, 3.05) is 13.1 Å². The minimum absolute atomic E-state index is 0.152. The summed E-state index contributed by atoms with van der Waals surface area (Å²) in [5, 5.41) is 19.0. The van der Waals surface area contributed by atoms with Crippen LogP contribution in [0.1, 0.15) is 30.1 Å². The Balaban J connectivity index is 1.72. The van der Waals surface area contributed by atoms with Gasteiger partial charge in [0, 0.05) is 18.3 Å². The Bertz CT molecular complexity index is 626. The van der Waals surface area contributed by atoms with E-state index in [1.165, 1.54) is 0 Å². The second-order valence-corrected chi connectivity index (χ2v) is 6.53. The van der Waals surface area contributed by atoms with Gasteiger partial charge < -0.3 is 15.7 Å². The number of aliphatic hydroxyl groups is 1. The minimum Gasteiger partial charge on any atom is -0.384 e. The van der Waals surface area contributed by atoms with Crippen LogP contribution in [0.5, 0.6) is 0 Å². The topological polar surface area (TPSA) is 74.2 Å². The molecule has 0 bridgehead atoms. The number of aromatic nitrogens is 1. The van der Waals surface area contributed by atoms with Gasteiger partial charge in [-0.1, -0.05) is 37.3 Å².